The zero-order valence-corrected chi connectivity index (χ0v) is 26.9. The molecule has 5 nitrogen and oxygen atoms in total. The van der Waals surface area contributed by atoms with Crippen molar-refractivity contribution in [2.24, 2.45) is 0 Å². The molecule has 232 valence electrons. The van der Waals surface area contributed by atoms with Gasteiger partial charge in [0.2, 0.25) is 5.60 Å². The molecule has 1 atom stereocenters. The van der Waals surface area contributed by atoms with E-state index in [1.165, 1.54) is 38.9 Å². The van der Waals surface area contributed by atoms with E-state index in [-0.39, 0.29) is 5.41 Å². The lowest BCUT2D eigenvalue weighted by Gasteiger charge is -2.38. The molecule has 47 heavy (non-hydrogen) atoms. The van der Waals surface area contributed by atoms with Crippen LogP contribution in [0.2, 0.25) is 0 Å². The monoisotopic (exact) mass is 615 g/mol. The third kappa shape index (κ3) is 4.06. The SMILES string of the molecule is CCC1(CC)c2ccccc2-c2c1c1c(c3ccccc23)OC(c2ccc(N3CCOCC3)cc2)(c2ncc3ccccc3n2)C=C1. The van der Waals surface area contributed by atoms with Crippen molar-refractivity contribution < 1.29 is 9.47 Å². The van der Waals surface area contributed by atoms with Gasteiger partial charge in [0.15, 0.2) is 5.82 Å². The van der Waals surface area contributed by atoms with Gasteiger partial charge in [-0.05, 0) is 64.8 Å². The van der Waals surface area contributed by atoms with Crippen LogP contribution in [0.25, 0.3) is 38.9 Å². The molecule has 1 fully saturated rings. The van der Waals surface area contributed by atoms with E-state index >= 15 is 0 Å². The van der Waals surface area contributed by atoms with E-state index in [0.29, 0.717) is 5.82 Å². The number of nitrogens with zero attached hydrogens (tertiary/aromatic N) is 3. The Bertz CT molecular complexity index is 2200. The van der Waals surface area contributed by atoms with Gasteiger partial charge >= 0.3 is 0 Å². The van der Waals surface area contributed by atoms with Crippen molar-refractivity contribution in [3.05, 3.63) is 137 Å². The second-order valence-electron chi connectivity index (χ2n) is 12.9. The van der Waals surface area contributed by atoms with Crippen LogP contribution in [0, 0.1) is 0 Å². The van der Waals surface area contributed by atoms with Crippen molar-refractivity contribution >= 4 is 33.4 Å². The van der Waals surface area contributed by atoms with Crippen molar-refractivity contribution in [3.63, 3.8) is 0 Å². The number of anilines is 1. The minimum atomic E-state index is -1.02. The van der Waals surface area contributed by atoms with Crippen LogP contribution in [-0.2, 0) is 15.8 Å². The molecule has 0 saturated carbocycles. The summed E-state index contributed by atoms with van der Waals surface area (Å²) >= 11 is 0. The fourth-order valence-corrected chi connectivity index (χ4v) is 8.40. The Morgan fingerprint density at radius 2 is 1.51 bits per heavy atom. The molecule has 9 rings (SSSR count). The normalized spacial score (nSPS) is 19.3. The highest BCUT2D eigenvalue weighted by Gasteiger charge is 2.47. The maximum atomic E-state index is 7.50. The van der Waals surface area contributed by atoms with Gasteiger partial charge in [0, 0.05) is 52.3 Å². The molecule has 5 aromatic carbocycles. The number of hydrogen-bond acceptors (Lipinski definition) is 5. The van der Waals surface area contributed by atoms with Crippen molar-refractivity contribution in [1.29, 1.82) is 0 Å². The molecule has 1 aliphatic carbocycles. The fraction of sp³-hybridized carbons (Fsp3) is 0.238. The fourth-order valence-electron chi connectivity index (χ4n) is 8.40. The summed E-state index contributed by atoms with van der Waals surface area (Å²) in [7, 11) is 0. The molecule has 6 aromatic rings. The molecule has 3 heterocycles. The average Bonchev–Trinajstić information content (AvgIpc) is 3.46. The average molecular weight is 616 g/mol. The van der Waals surface area contributed by atoms with Crippen LogP contribution in [0.15, 0.2) is 109 Å². The van der Waals surface area contributed by atoms with Crippen molar-refractivity contribution in [2.45, 2.75) is 37.7 Å². The summed E-state index contributed by atoms with van der Waals surface area (Å²) in [6.07, 6.45) is 8.45. The minimum absolute atomic E-state index is 0.104. The second kappa shape index (κ2) is 10.8. The first-order chi connectivity index (χ1) is 23.2. The van der Waals surface area contributed by atoms with Gasteiger partial charge in [-0.1, -0.05) is 98.8 Å². The molecule has 2 aliphatic heterocycles. The van der Waals surface area contributed by atoms with Gasteiger partial charge < -0.3 is 14.4 Å². The number of para-hydroxylation sites is 1. The third-order valence-corrected chi connectivity index (χ3v) is 10.8. The number of rotatable bonds is 5. The summed E-state index contributed by atoms with van der Waals surface area (Å²) in [5.41, 5.74) is 8.60. The summed E-state index contributed by atoms with van der Waals surface area (Å²) in [6, 6.07) is 34.7. The molecule has 0 bridgehead atoms. The summed E-state index contributed by atoms with van der Waals surface area (Å²) in [4.78, 5) is 12.5. The van der Waals surface area contributed by atoms with Crippen molar-refractivity contribution in [3.8, 4) is 16.9 Å². The summed E-state index contributed by atoms with van der Waals surface area (Å²) < 4.78 is 13.1. The van der Waals surface area contributed by atoms with Gasteiger partial charge in [-0.25, -0.2) is 9.97 Å². The van der Waals surface area contributed by atoms with Gasteiger partial charge in [-0.3, -0.25) is 0 Å². The van der Waals surface area contributed by atoms with Crippen LogP contribution in [0.1, 0.15) is 54.8 Å². The zero-order chi connectivity index (χ0) is 31.6. The van der Waals surface area contributed by atoms with Gasteiger partial charge in [0.05, 0.1) is 18.7 Å². The Hall–Kier alpha value is -5.00. The van der Waals surface area contributed by atoms with E-state index in [4.69, 9.17) is 19.4 Å². The molecule has 1 aromatic heterocycles. The molecular formula is C42H37N3O2. The first-order valence-electron chi connectivity index (χ1n) is 16.9. The van der Waals surface area contributed by atoms with Gasteiger partial charge in [-0.15, -0.1) is 0 Å². The lowest BCUT2D eigenvalue weighted by Crippen LogP contribution is -2.38. The van der Waals surface area contributed by atoms with Gasteiger partial charge in [0.1, 0.15) is 5.75 Å². The highest BCUT2D eigenvalue weighted by atomic mass is 16.5. The highest BCUT2D eigenvalue weighted by molar-refractivity contribution is 6.08. The maximum absolute atomic E-state index is 7.50. The lowest BCUT2D eigenvalue weighted by molar-refractivity contribution is 0.122. The molecule has 0 spiro atoms. The Balaban J connectivity index is 1.30. The smallest absolute Gasteiger partial charge is 0.212 e. The number of fused-ring (bicyclic) bond motifs is 9. The first kappa shape index (κ1) is 28.2. The Morgan fingerprint density at radius 3 is 2.32 bits per heavy atom. The van der Waals surface area contributed by atoms with E-state index < -0.39 is 5.60 Å². The van der Waals surface area contributed by atoms with Crippen molar-refractivity contribution in [1.82, 2.24) is 9.97 Å². The van der Waals surface area contributed by atoms with E-state index in [2.05, 4.69) is 110 Å². The van der Waals surface area contributed by atoms with Gasteiger partial charge in [0.25, 0.3) is 0 Å². The molecule has 5 heteroatoms. The number of aromatic nitrogens is 2. The molecular weight excluding hydrogens is 578 g/mol. The largest absolute Gasteiger partial charge is 0.469 e. The maximum Gasteiger partial charge on any atom is 0.212 e. The Morgan fingerprint density at radius 1 is 0.787 bits per heavy atom. The molecule has 0 radical (unpaired) electrons. The Labute approximate surface area is 275 Å². The topological polar surface area (TPSA) is 47.5 Å². The van der Waals surface area contributed by atoms with Crippen LogP contribution in [0.3, 0.4) is 0 Å². The molecule has 1 saturated heterocycles. The molecule has 0 amide bonds. The quantitative estimate of drug-likeness (QED) is 0.194. The van der Waals surface area contributed by atoms with E-state index in [1.807, 2.05) is 24.4 Å². The number of morpholine rings is 1. The van der Waals surface area contributed by atoms with E-state index in [0.717, 1.165) is 66.7 Å². The van der Waals surface area contributed by atoms with E-state index in [9.17, 15) is 0 Å². The molecule has 3 aliphatic rings. The van der Waals surface area contributed by atoms with Crippen LogP contribution < -0.4 is 9.64 Å². The highest BCUT2D eigenvalue weighted by Crippen LogP contribution is 2.60. The summed E-state index contributed by atoms with van der Waals surface area (Å²) in [6.45, 7) is 7.92. The second-order valence-corrected chi connectivity index (χ2v) is 12.9. The zero-order valence-electron chi connectivity index (χ0n) is 26.9. The standard InChI is InChI=1S/C42H37N3O2/c1-3-41(4-2)35-15-9-8-14-33(35)37-31-12-6-7-13-32(31)39-34(38(37)41)21-22-42(47-39,40-43-27-28-11-5-10-16-36(28)44-40)29-17-19-30(20-18-29)45-23-25-46-26-24-45/h5-22,27H,3-4,23-26H2,1-2H3. The van der Waals surface area contributed by atoms with Crippen LogP contribution >= 0.6 is 0 Å². The lowest BCUT2D eigenvalue weighted by atomic mass is 9.71. The third-order valence-electron chi connectivity index (χ3n) is 10.8. The summed E-state index contributed by atoms with van der Waals surface area (Å²) in [5.74, 6) is 1.53. The predicted molar refractivity (Wildman–Crippen MR) is 190 cm³/mol. The molecule has 0 N–H and O–H groups in total. The molecule has 1 unspecified atom stereocenters. The first-order valence-corrected chi connectivity index (χ1v) is 16.9. The van der Waals surface area contributed by atoms with E-state index in [1.54, 1.807) is 0 Å². The van der Waals surface area contributed by atoms with Crippen molar-refractivity contribution in [2.75, 3.05) is 31.2 Å². The minimum Gasteiger partial charge on any atom is -0.469 e. The number of hydrogen-bond donors (Lipinski definition) is 0. The summed E-state index contributed by atoms with van der Waals surface area (Å²) in [5, 5.41) is 3.34. The van der Waals surface area contributed by atoms with Crippen LogP contribution in [0.5, 0.6) is 5.75 Å². The van der Waals surface area contributed by atoms with Gasteiger partial charge in [-0.2, -0.15) is 0 Å². The Kier molecular flexibility index (Phi) is 6.48. The van der Waals surface area contributed by atoms with Crippen LogP contribution in [0.4, 0.5) is 5.69 Å². The van der Waals surface area contributed by atoms with Crippen LogP contribution in [-0.4, -0.2) is 36.3 Å². The predicted octanol–water partition coefficient (Wildman–Crippen LogP) is 9.06. The number of ether oxygens (including phenoxy) is 2. The number of benzene rings is 5.